The van der Waals surface area contributed by atoms with Crippen LogP contribution < -0.4 is 16.4 Å². The summed E-state index contributed by atoms with van der Waals surface area (Å²) in [5, 5.41) is 9.14. The van der Waals surface area contributed by atoms with Gasteiger partial charge in [0.25, 0.3) is 5.91 Å². The Kier molecular flexibility index (Phi) is 8.91. The molecule has 0 aromatic heterocycles. The number of nitrogens with zero attached hydrogens (tertiary/aromatic N) is 1. The molecule has 0 bridgehead atoms. The molecule has 2 aromatic rings. The third-order valence-electron chi connectivity index (χ3n) is 6.46. The smallest absolute Gasteiger partial charge is 0.251 e. The lowest BCUT2D eigenvalue weighted by atomic mass is 10.0. The van der Waals surface area contributed by atoms with Crippen molar-refractivity contribution < 1.29 is 9.59 Å². The van der Waals surface area contributed by atoms with Crippen LogP contribution in [0.2, 0.25) is 5.02 Å². The molecule has 1 aliphatic rings. The molecule has 0 radical (unpaired) electrons. The summed E-state index contributed by atoms with van der Waals surface area (Å²) in [4.78, 5) is 27.8. The van der Waals surface area contributed by atoms with Crippen LogP contribution in [0.5, 0.6) is 0 Å². The maximum absolute atomic E-state index is 13.1. The van der Waals surface area contributed by atoms with E-state index in [1.165, 1.54) is 0 Å². The molecular weight excluding hydrogens is 424 g/mol. The van der Waals surface area contributed by atoms with E-state index in [4.69, 9.17) is 17.3 Å². The molecule has 1 fully saturated rings. The number of halogens is 1. The fourth-order valence-corrected chi connectivity index (χ4v) is 4.51. The van der Waals surface area contributed by atoms with Crippen molar-refractivity contribution in [1.82, 2.24) is 15.5 Å². The van der Waals surface area contributed by atoms with Gasteiger partial charge in [-0.15, -0.1) is 0 Å². The molecule has 6 nitrogen and oxygen atoms in total. The van der Waals surface area contributed by atoms with Crippen molar-refractivity contribution in [3.63, 3.8) is 0 Å². The Labute approximate surface area is 195 Å². The highest BCUT2D eigenvalue weighted by Crippen LogP contribution is 2.21. The first-order valence-electron chi connectivity index (χ1n) is 11.7. The maximum atomic E-state index is 13.1. The summed E-state index contributed by atoms with van der Waals surface area (Å²) >= 11 is 6.05. The van der Waals surface area contributed by atoms with Gasteiger partial charge in [-0.05, 0) is 60.3 Å². The molecule has 3 rings (SSSR count). The minimum atomic E-state index is -0.302. The predicted molar refractivity (Wildman–Crippen MR) is 131 cm³/mol. The molecule has 4 N–H and O–H groups in total. The number of hydrogen-bond donors (Lipinski definition) is 3. The number of nitrogens with one attached hydrogen (secondary N) is 2. The summed E-state index contributed by atoms with van der Waals surface area (Å²) in [5.74, 6) is 0.518. The van der Waals surface area contributed by atoms with Crippen molar-refractivity contribution in [2.24, 2.45) is 11.7 Å². The van der Waals surface area contributed by atoms with Crippen LogP contribution in [-0.2, 0) is 4.79 Å². The second kappa shape index (κ2) is 11.6. The maximum Gasteiger partial charge on any atom is 0.251 e. The van der Waals surface area contributed by atoms with E-state index in [0.29, 0.717) is 42.6 Å². The van der Waals surface area contributed by atoms with E-state index in [2.05, 4.69) is 24.5 Å². The standard InChI is InChI=1S/C25H35ClN4O2/c1-3-17(4-2)16-30-12-10-22(29-23(9-11-27)25(30)32)15-28-24(31)20-6-5-19-14-21(26)8-7-18(19)13-20/h5-8,13-14,17,22-23,29H,3-4,9-12,15-16,27H2,1-2H3,(H,28,31)/t22-,23-/m1/s1. The van der Waals surface area contributed by atoms with Crippen LogP contribution in [0.1, 0.15) is 49.9 Å². The van der Waals surface area contributed by atoms with Crippen LogP contribution >= 0.6 is 11.6 Å². The fraction of sp³-hybridized carbons (Fsp3) is 0.520. The van der Waals surface area contributed by atoms with Crippen molar-refractivity contribution in [2.75, 3.05) is 26.2 Å². The molecule has 1 aliphatic heterocycles. The SMILES string of the molecule is CCC(CC)CN1CC[C@H](CNC(=O)c2ccc3cc(Cl)ccc3c2)N[C@H](CCN)C1=O. The molecule has 0 aliphatic carbocycles. The second-order valence-corrected chi connectivity index (χ2v) is 9.10. The fourth-order valence-electron chi connectivity index (χ4n) is 4.33. The first-order chi connectivity index (χ1) is 15.4. The molecule has 0 spiro atoms. The summed E-state index contributed by atoms with van der Waals surface area (Å²) < 4.78 is 0. The van der Waals surface area contributed by atoms with Crippen LogP contribution in [-0.4, -0.2) is 55.0 Å². The van der Waals surface area contributed by atoms with Gasteiger partial charge in [-0.1, -0.05) is 50.4 Å². The zero-order chi connectivity index (χ0) is 23.1. The first-order valence-corrected chi connectivity index (χ1v) is 12.0. The molecule has 32 heavy (non-hydrogen) atoms. The van der Waals surface area contributed by atoms with Gasteiger partial charge in [-0.2, -0.15) is 0 Å². The molecule has 2 amide bonds. The van der Waals surface area contributed by atoms with Gasteiger partial charge in [-0.25, -0.2) is 0 Å². The Morgan fingerprint density at radius 2 is 1.94 bits per heavy atom. The highest BCUT2D eigenvalue weighted by molar-refractivity contribution is 6.31. The Bertz CT molecular complexity index is 931. The monoisotopic (exact) mass is 458 g/mol. The van der Waals surface area contributed by atoms with E-state index < -0.39 is 0 Å². The average Bonchev–Trinajstić information content (AvgIpc) is 2.94. The first kappa shape index (κ1) is 24.5. The van der Waals surface area contributed by atoms with Gasteiger partial charge in [0, 0.05) is 36.3 Å². The Balaban J connectivity index is 1.64. The van der Waals surface area contributed by atoms with Crippen molar-refractivity contribution >= 4 is 34.2 Å². The van der Waals surface area contributed by atoms with Gasteiger partial charge < -0.3 is 21.3 Å². The summed E-state index contributed by atoms with van der Waals surface area (Å²) in [7, 11) is 0. The quantitative estimate of drug-likeness (QED) is 0.536. The van der Waals surface area contributed by atoms with Crippen LogP contribution in [0.15, 0.2) is 36.4 Å². The molecule has 0 saturated carbocycles. The van der Waals surface area contributed by atoms with Crippen LogP contribution in [0.25, 0.3) is 10.8 Å². The van der Waals surface area contributed by atoms with Crippen LogP contribution in [0, 0.1) is 5.92 Å². The number of nitrogens with two attached hydrogens (primary N) is 1. The summed E-state index contributed by atoms with van der Waals surface area (Å²) in [6, 6.07) is 10.9. The third-order valence-corrected chi connectivity index (χ3v) is 6.69. The lowest BCUT2D eigenvalue weighted by molar-refractivity contribution is -0.133. The van der Waals surface area contributed by atoms with Gasteiger partial charge in [-0.3, -0.25) is 9.59 Å². The number of benzene rings is 2. The van der Waals surface area contributed by atoms with Crippen LogP contribution in [0.4, 0.5) is 0 Å². The average molecular weight is 459 g/mol. The van der Waals surface area contributed by atoms with E-state index in [1.54, 1.807) is 0 Å². The van der Waals surface area contributed by atoms with Gasteiger partial charge in [0.15, 0.2) is 0 Å². The molecule has 2 atom stereocenters. The molecule has 1 heterocycles. The van der Waals surface area contributed by atoms with E-state index in [9.17, 15) is 9.59 Å². The van der Waals surface area contributed by atoms with Gasteiger partial charge in [0.2, 0.25) is 5.91 Å². The Hall–Kier alpha value is -2.15. The lowest BCUT2D eigenvalue weighted by Crippen LogP contribution is -2.50. The largest absolute Gasteiger partial charge is 0.350 e. The van der Waals surface area contributed by atoms with E-state index >= 15 is 0 Å². The van der Waals surface area contributed by atoms with Crippen LogP contribution in [0.3, 0.4) is 0 Å². The van der Waals surface area contributed by atoms with Crippen molar-refractivity contribution in [3.8, 4) is 0 Å². The number of carbonyl (C=O) groups is 2. The topological polar surface area (TPSA) is 87.5 Å². The van der Waals surface area contributed by atoms with Crippen molar-refractivity contribution in [2.45, 2.75) is 51.6 Å². The zero-order valence-electron chi connectivity index (χ0n) is 19.1. The number of hydrogen-bond acceptors (Lipinski definition) is 4. The highest BCUT2D eigenvalue weighted by Gasteiger charge is 2.31. The third kappa shape index (κ3) is 6.21. The molecule has 0 unspecified atom stereocenters. The Morgan fingerprint density at radius 1 is 1.22 bits per heavy atom. The van der Waals surface area contributed by atoms with Gasteiger partial charge in [0.1, 0.15) is 0 Å². The zero-order valence-corrected chi connectivity index (χ0v) is 19.8. The van der Waals surface area contributed by atoms with E-state index in [0.717, 1.165) is 36.6 Å². The van der Waals surface area contributed by atoms with Crippen molar-refractivity contribution in [1.29, 1.82) is 0 Å². The molecule has 174 valence electrons. The molecular formula is C25H35ClN4O2. The normalized spacial score (nSPS) is 19.4. The summed E-state index contributed by atoms with van der Waals surface area (Å²) in [6.07, 6.45) is 3.51. The minimum Gasteiger partial charge on any atom is -0.350 e. The van der Waals surface area contributed by atoms with Gasteiger partial charge >= 0.3 is 0 Å². The van der Waals surface area contributed by atoms with Gasteiger partial charge in [0.05, 0.1) is 6.04 Å². The minimum absolute atomic E-state index is 0.0189. The number of amides is 2. The molecule has 1 saturated heterocycles. The number of carbonyl (C=O) groups excluding carboxylic acids is 2. The van der Waals surface area contributed by atoms with E-state index in [1.807, 2.05) is 41.3 Å². The second-order valence-electron chi connectivity index (χ2n) is 8.67. The lowest BCUT2D eigenvalue weighted by Gasteiger charge is -2.27. The predicted octanol–water partition coefficient (Wildman–Crippen LogP) is 3.57. The summed E-state index contributed by atoms with van der Waals surface area (Å²) in [6.45, 7) is 6.74. The number of fused-ring (bicyclic) bond motifs is 1. The Morgan fingerprint density at radius 3 is 2.66 bits per heavy atom. The molecule has 7 heteroatoms. The molecule has 2 aromatic carbocycles. The van der Waals surface area contributed by atoms with Crippen molar-refractivity contribution in [3.05, 3.63) is 47.0 Å². The summed E-state index contributed by atoms with van der Waals surface area (Å²) in [5.41, 5.74) is 6.39. The highest BCUT2D eigenvalue weighted by atomic mass is 35.5. The van der Waals surface area contributed by atoms with E-state index in [-0.39, 0.29) is 23.9 Å². The number of rotatable bonds is 9.